The maximum absolute atomic E-state index is 13.6. The average Bonchev–Trinajstić information content (AvgIpc) is 2.78. The van der Waals surface area contributed by atoms with Crippen molar-refractivity contribution in [1.29, 1.82) is 0 Å². The number of pyridine rings is 3. The predicted molar refractivity (Wildman–Crippen MR) is 120 cm³/mol. The van der Waals surface area contributed by atoms with E-state index >= 15 is 0 Å². The lowest BCUT2D eigenvalue weighted by atomic mass is 10.0. The molecule has 0 spiro atoms. The molecule has 0 aromatic carbocycles. The molecule has 7 nitrogen and oxygen atoms in total. The standard InChI is InChI=1S/C22H25BrFN5O2/c23-18-9-15(12-26-20(18)14-30)11-25-17-3-5-28(6-4-17)7-8-29-21-10-16(24)13-27-19(21)1-2-22(29)31/h1-2,9-10,12-13,17,25,30H,3-8,11,14H2. The Kier molecular flexibility index (Phi) is 7.06. The SMILES string of the molecule is O=c1ccc2ncc(F)cc2n1CCN1CCC(NCc2cnc(CO)c(Br)c2)CC1. The average molecular weight is 490 g/mol. The smallest absolute Gasteiger partial charge is 0.251 e. The first-order valence-electron chi connectivity index (χ1n) is 10.4. The number of aliphatic hydroxyl groups is 1. The first-order chi connectivity index (χ1) is 15.0. The second-order valence-electron chi connectivity index (χ2n) is 7.81. The van der Waals surface area contributed by atoms with Crippen LogP contribution in [-0.4, -0.2) is 50.2 Å². The summed E-state index contributed by atoms with van der Waals surface area (Å²) in [6, 6.07) is 6.91. The van der Waals surface area contributed by atoms with Gasteiger partial charge in [0.1, 0.15) is 5.82 Å². The van der Waals surface area contributed by atoms with E-state index in [0.717, 1.165) is 49.1 Å². The lowest BCUT2D eigenvalue weighted by molar-refractivity contribution is 0.191. The van der Waals surface area contributed by atoms with E-state index in [1.54, 1.807) is 16.8 Å². The number of halogens is 2. The Morgan fingerprint density at radius 2 is 1.97 bits per heavy atom. The van der Waals surface area contributed by atoms with Crippen LogP contribution in [0, 0.1) is 5.82 Å². The maximum Gasteiger partial charge on any atom is 0.251 e. The van der Waals surface area contributed by atoms with Crippen LogP contribution >= 0.6 is 15.9 Å². The number of nitrogens with one attached hydrogen (secondary N) is 1. The minimum Gasteiger partial charge on any atom is -0.390 e. The highest BCUT2D eigenvalue weighted by Gasteiger charge is 2.19. The molecule has 1 fully saturated rings. The molecule has 0 radical (unpaired) electrons. The summed E-state index contributed by atoms with van der Waals surface area (Å²) in [6.45, 7) is 3.78. The molecule has 0 bridgehead atoms. The minimum absolute atomic E-state index is 0.0803. The molecule has 1 aliphatic heterocycles. The fourth-order valence-corrected chi connectivity index (χ4v) is 4.48. The first-order valence-corrected chi connectivity index (χ1v) is 11.2. The van der Waals surface area contributed by atoms with E-state index in [9.17, 15) is 14.3 Å². The Bertz CT molecular complexity index is 1110. The molecule has 3 aromatic heterocycles. The van der Waals surface area contributed by atoms with Gasteiger partial charge in [-0.15, -0.1) is 0 Å². The number of hydrogen-bond acceptors (Lipinski definition) is 6. The van der Waals surface area contributed by atoms with Gasteiger partial charge < -0.3 is 19.9 Å². The first kappa shape index (κ1) is 22.0. The predicted octanol–water partition coefficient (Wildman–Crippen LogP) is 2.44. The van der Waals surface area contributed by atoms with Crippen LogP contribution in [0.4, 0.5) is 4.39 Å². The Morgan fingerprint density at radius 3 is 2.71 bits per heavy atom. The third kappa shape index (κ3) is 5.35. The van der Waals surface area contributed by atoms with Crippen LogP contribution in [0.25, 0.3) is 11.0 Å². The number of nitrogens with zero attached hydrogens (tertiary/aromatic N) is 4. The number of hydrogen-bond donors (Lipinski definition) is 2. The van der Waals surface area contributed by atoms with E-state index < -0.39 is 5.82 Å². The zero-order valence-corrected chi connectivity index (χ0v) is 18.7. The second kappa shape index (κ2) is 9.95. The third-order valence-electron chi connectivity index (χ3n) is 5.75. The summed E-state index contributed by atoms with van der Waals surface area (Å²) >= 11 is 3.44. The molecule has 1 saturated heterocycles. The summed E-state index contributed by atoms with van der Waals surface area (Å²) in [7, 11) is 0. The highest BCUT2D eigenvalue weighted by molar-refractivity contribution is 9.10. The number of likely N-dealkylation sites (tertiary alicyclic amines) is 1. The van der Waals surface area contributed by atoms with Crippen LogP contribution in [0.1, 0.15) is 24.1 Å². The summed E-state index contributed by atoms with van der Waals surface area (Å²) in [4.78, 5) is 23.0. The lowest BCUT2D eigenvalue weighted by Gasteiger charge is -2.32. The van der Waals surface area contributed by atoms with E-state index in [4.69, 9.17) is 0 Å². The molecule has 2 N–H and O–H groups in total. The van der Waals surface area contributed by atoms with Gasteiger partial charge in [0.25, 0.3) is 5.56 Å². The number of piperidine rings is 1. The minimum atomic E-state index is -0.438. The van der Waals surface area contributed by atoms with Crippen LogP contribution in [0.2, 0.25) is 0 Å². The van der Waals surface area contributed by atoms with Gasteiger partial charge in [-0.2, -0.15) is 0 Å². The molecule has 0 aliphatic carbocycles. The van der Waals surface area contributed by atoms with Gasteiger partial charge in [-0.3, -0.25) is 14.8 Å². The van der Waals surface area contributed by atoms with E-state index in [1.165, 1.54) is 18.3 Å². The summed E-state index contributed by atoms with van der Waals surface area (Å²) in [5, 5.41) is 12.8. The van der Waals surface area contributed by atoms with Crippen molar-refractivity contribution in [3.8, 4) is 0 Å². The molecule has 0 atom stereocenters. The van der Waals surface area contributed by atoms with Crippen molar-refractivity contribution in [1.82, 2.24) is 24.8 Å². The van der Waals surface area contributed by atoms with E-state index in [-0.39, 0.29) is 12.2 Å². The Balaban J connectivity index is 1.29. The van der Waals surface area contributed by atoms with Crippen molar-refractivity contribution in [2.24, 2.45) is 0 Å². The van der Waals surface area contributed by atoms with Crippen LogP contribution in [0.15, 0.2) is 45.9 Å². The van der Waals surface area contributed by atoms with E-state index in [1.807, 2.05) is 6.07 Å². The molecule has 1 aliphatic rings. The molecule has 4 heterocycles. The van der Waals surface area contributed by atoms with Crippen LogP contribution in [-0.2, 0) is 19.7 Å². The fraction of sp³-hybridized carbons (Fsp3) is 0.409. The largest absolute Gasteiger partial charge is 0.390 e. The normalized spacial score (nSPS) is 15.6. The third-order valence-corrected chi connectivity index (χ3v) is 6.44. The molecule has 164 valence electrons. The molecule has 9 heteroatoms. The Hall–Kier alpha value is -2.20. The van der Waals surface area contributed by atoms with Crippen molar-refractivity contribution in [2.75, 3.05) is 19.6 Å². The Morgan fingerprint density at radius 1 is 1.16 bits per heavy atom. The highest BCUT2D eigenvalue weighted by Crippen LogP contribution is 2.17. The quantitative estimate of drug-likeness (QED) is 0.530. The molecule has 0 saturated carbocycles. The van der Waals surface area contributed by atoms with Gasteiger partial charge in [-0.05, 0) is 59.6 Å². The number of fused-ring (bicyclic) bond motifs is 1. The summed E-state index contributed by atoms with van der Waals surface area (Å²) < 4.78 is 16.1. The van der Waals surface area contributed by atoms with Crippen molar-refractivity contribution in [3.05, 3.63) is 68.6 Å². The monoisotopic (exact) mass is 489 g/mol. The number of aliphatic hydroxyl groups excluding tert-OH is 1. The van der Waals surface area contributed by atoms with Crippen LogP contribution in [0.3, 0.4) is 0 Å². The summed E-state index contributed by atoms with van der Waals surface area (Å²) in [6.07, 6.45) is 5.00. The van der Waals surface area contributed by atoms with Crippen molar-refractivity contribution < 1.29 is 9.50 Å². The topological polar surface area (TPSA) is 83.3 Å². The van der Waals surface area contributed by atoms with E-state index in [2.05, 4.69) is 36.1 Å². The Labute approximate surface area is 188 Å². The van der Waals surface area contributed by atoms with E-state index in [0.29, 0.717) is 29.3 Å². The van der Waals surface area contributed by atoms with Crippen LogP contribution in [0.5, 0.6) is 0 Å². The van der Waals surface area contributed by atoms with Crippen molar-refractivity contribution in [2.45, 2.75) is 38.6 Å². The summed E-state index contributed by atoms with van der Waals surface area (Å²) in [5.41, 5.74) is 2.74. The lowest BCUT2D eigenvalue weighted by Crippen LogP contribution is -2.43. The molecule has 3 aromatic rings. The molecule has 4 rings (SSSR count). The molecule has 31 heavy (non-hydrogen) atoms. The zero-order valence-electron chi connectivity index (χ0n) is 17.1. The van der Waals surface area contributed by atoms with Crippen molar-refractivity contribution >= 4 is 27.0 Å². The van der Waals surface area contributed by atoms with Gasteiger partial charge in [0.2, 0.25) is 0 Å². The van der Waals surface area contributed by atoms with Gasteiger partial charge in [0.05, 0.1) is 29.5 Å². The molecular weight excluding hydrogens is 465 g/mol. The van der Waals surface area contributed by atoms with Gasteiger partial charge in [-0.25, -0.2) is 4.39 Å². The van der Waals surface area contributed by atoms with Gasteiger partial charge in [-0.1, -0.05) is 0 Å². The van der Waals surface area contributed by atoms with Gasteiger partial charge in [0, 0.05) is 48.5 Å². The van der Waals surface area contributed by atoms with Crippen molar-refractivity contribution in [3.63, 3.8) is 0 Å². The van der Waals surface area contributed by atoms with Gasteiger partial charge in [0.15, 0.2) is 0 Å². The second-order valence-corrected chi connectivity index (χ2v) is 8.66. The maximum atomic E-state index is 13.6. The van der Waals surface area contributed by atoms with Crippen LogP contribution < -0.4 is 10.9 Å². The number of rotatable bonds is 7. The zero-order chi connectivity index (χ0) is 21.8. The molecular formula is C22H25BrFN5O2. The number of aromatic nitrogens is 3. The molecule has 0 unspecified atom stereocenters. The van der Waals surface area contributed by atoms with Gasteiger partial charge >= 0.3 is 0 Å². The highest BCUT2D eigenvalue weighted by atomic mass is 79.9. The fourth-order valence-electron chi connectivity index (χ4n) is 3.96. The summed E-state index contributed by atoms with van der Waals surface area (Å²) in [5.74, 6) is -0.438. The molecule has 0 amide bonds.